The Hall–Kier alpha value is -1.49. The van der Waals surface area contributed by atoms with Gasteiger partial charge in [0.05, 0.1) is 16.0 Å². The summed E-state index contributed by atoms with van der Waals surface area (Å²) in [6.07, 6.45) is -1.86. The molecule has 6 heteroatoms. The van der Waals surface area contributed by atoms with Gasteiger partial charge in [-0.2, -0.15) is 13.2 Å². The van der Waals surface area contributed by atoms with E-state index in [2.05, 4.69) is 0 Å². The van der Waals surface area contributed by atoms with Crippen LogP contribution in [-0.2, 0) is 6.54 Å². The Labute approximate surface area is 148 Å². The third kappa shape index (κ3) is 4.53. The lowest BCUT2D eigenvalue weighted by atomic mass is 9.96. The highest BCUT2D eigenvalue weighted by Gasteiger charge is 2.39. The zero-order chi connectivity index (χ0) is 17.9. The summed E-state index contributed by atoms with van der Waals surface area (Å²) in [5.41, 5.74) is 8.22. The molecule has 0 spiro atoms. The molecule has 1 unspecified atom stereocenters. The molecule has 24 heavy (non-hydrogen) atoms. The third-order valence-corrected chi connectivity index (χ3v) is 4.46. The second kappa shape index (κ2) is 7.60. The van der Waals surface area contributed by atoms with Gasteiger partial charge in [0.1, 0.15) is 0 Å². The van der Waals surface area contributed by atoms with Crippen molar-refractivity contribution in [3.8, 4) is 0 Å². The first kappa shape index (κ1) is 18.8. The van der Waals surface area contributed by atoms with Crippen LogP contribution < -0.4 is 5.73 Å². The van der Waals surface area contributed by atoms with Crippen LogP contribution in [-0.4, -0.2) is 6.18 Å². The number of rotatable bonds is 4. The van der Waals surface area contributed by atoms with Crippen molar-refractivity contribution in [3.05, 3.63) is 74.8 Å². The monoisotopic (exact) mass is 373 g/mol. The molecular weight excluding hydrogens is 358 g/mol. The van der Waals surface area contributed by atoms with Gasteiger partial charge in [0.2, 0.25) is 0 Å². The average molecular weight is 374 g/mol. The van der Waals surface area contributed by atoms with Crippen LogP contribution in [0.4, 0.5) is 13.2 Å². The SMILES string of the molecule is Cc1cc(/C=C/C(c2ccc(Cl)c(Cl)c2)C(F)(F)F)ccc1CN. The highest BCUT2D eigenvalue weighted by Crippen LogP contribution is 2.38. The van der Waals surface area contributed by atoms with Crippen molar-refractivity contribution in [1.29, 1.82) is 0 Å². The highest BCUT2D eigenvalue weighted by molar-refractivity contribution is 6.42. The first-order valence-corrected chi connectivity index (χ1v) is 7.97. The zero-order valence-corrected chi connectivity index (χ0v) is 14.4. The van der Waals surface area contributed by atoms with Crippen molar-refractivity contribution < 1.29 is 13.2 Å². The number of hydrogen-bond acceptors (Lipinski definition) is 1. The van der Waals surface area contributed by atoms with Crippen molar-refractivity contribution in [1.82, 2.24) is 0 Å². The number of allylic oxidation sites excluding steroid dienone is 1. The predicted octanol–water partition coefficient (Wildman–Crippen LogP) is 6.12. The zero-order valence-electron chi connectivity index (χ0n) is 12.9. The molecule has 0 bridgehead atoms. The lowest BCUT2D eigenvalue weighted by Gasteiger charge is -2.18. The highest BCUT2D eigenvalue weighted by atomic mass is 35.5. The van der Waals surface area contributed by atoms with Gasteiger partial charge < -0.3 is 5.73 Å². The molecule has 0 aliphatic heterocycles. The Morgan fingerprint density at radius 2 is 1.79 bits per heavy atom. The molecule has 2 N–H and O–H groups in total. The van der Waals surface area contributed by atoms with Crippen molar-refractivity contribution in [2.24, 2.45) is 5.73 Å². The van der Waals surface area contributed by atoms with Gasteiger partial charge >= 0.3 is 6.18 Å². The van der Waals surface area contributed by atoms with Crippen molar-refractivity contribution in [3.63, 3.8) is 0 Å². The van der Waals surface area contributed by atoms with Crippen LogP contribution in [0.25, 0.3) is 6.08 Å². The molecule has 2 aromatic rings. The predicted molar refractivity (Wildman–Crippen MR) is 93.4 cm³/mol. The summed E-state index contributed by atoms with van der Waals surface area (Å²) < 4.78 is 40.2. The summed E-state index contributed by atoms with van der Waals surface area (Å²) in [4.78, 5) is 0. The second-order valence-electron chi connectivity index (χ2n) is 5.44. The summed E-state index contributed by atoms with van der Waals surface area (Å²) in [5, 5.41) is 0.318. The number of nitrogens with two attached hydrogens (primary N) is 1. The summed E-state index contributed by atoms with van der Waals surface area (Å²) in [7, 11) is 0. The van der Waals surface area contributed by atoms with Crippen LogP contribution in [0.5, 0.6) is 0 Å². The van der Waals surface area contributed by atoms with E-state index in [0.29, 0.717) is 12.1 Å². The van der Waals surface area contributed by atoms with Gasteiger partial charge in [0, 0.05) is 6.54 Å². The molecule has 0 heterocycles. The van der Waals surface area contributed by atoms with E-state index in [9.17, 15) is 13.2 Å². The molecular formula is C18H16Cl2F3N. The maximum atomic E-state index is 13.4. The van der Waals surface area contributed by atoms with Gasteiger partial charge in [-0.05, 0) is 41.3 Å². The van der Waals surface area contributed by atoms with E-state index in [4.69, 9.17) is 28.9 Å². The number of aryl methyl sites for hydroxylation is 1. The molecule has 1 atom stereocenters. The van der Waals surface area contributed by atoms with Crippen molar-refractivity contribution in [2.75, 3.05) is 0 Å². The van der Waals surface area contributed by atoms with Crippen LogP contribution in [0, 0.1) is 6.92 Å². The fourth-order valence-electron chi connectivity index (χ4n) is 2.37. The molecule has 0 fully saturated rings. The summed E-state index contributed by atoms with van der Waals surface area (Å²) in [5.74, 6) is -1.76. The van der Waals surface area contributed by atoms with Crippen molar-refractivity contribution in [2.45, 2.75) is 25.6 Å². The second-order valence-corrected chi connectivity index (χ2v) is 6.26. The van der Waals surface area contributed by atoms with E-state index < -0.39 is 12.1 Å². The summed E-state index contributed by atoms with van der Waals surface area (Å²) >= 11 is 11.6. The fourth-order valence-corrected chi connectivity index (χ4v) is 2.68. The Bertz CT molecular complexity index is 754. The van der Waals surface area contributed by atoms with Gasteiger partial charge in [-0.1, -0.05) is 59.6 Å². The molecule has 0 aliphatic rings. The van der Waals surface area contributed by atoms with E-state index in [1.54, 1.807) is 12.1 Å². The van der Waals surface area contributed by atoms with Crippen LogP contribution in [0.15, 0.2) is 42.5 Å². The number of alkyl halides is 3. The third-order valence-electron chi connectivity index (χ3n) is 3.72. The first-order valence-electron chi connectivity index (χ1n) is 7.22. The standard InChI is InChI=1S/C18H16Cl2F3N/c1-11-8-12(2-4-14(11)10-24)3-6-15(18(21,22)23)13-5-7-16(19)17(20)9-13/h2-9,15H,10,24H2,1H3/b6-3+. The lowest BCUT2D eigenvalue weighted by Crippen LogP contribution is -2.18. The molecule has 2 rings (SSSR count). The Morgan fingerprint density at radius 3 is 2.33 bits per heavy atom. The molecule has 0 radical (unpaired) electrons. The van der Waals surface area contributed by atoms with Gasteiger partial charge in [0.25, 0.3) is 0 Å². The summed E-state index contributed by atoms with van der Waals surface area (Å²) in [6.45, 7) is 2.27. The molecule has 128 valence electrons. The molecule has 2 aromatic carbocycles. The van der Waals surface area contributed by atoms with Crippen molar-refractivity contribution >= 4 is 29.3 Å². The van der Waals surface area contributed by atoms with Gasteiger partial charge in [0.15, 0.2) is 0 Å². The van der Waals surface area contributed by atoms with Gasteiger partial charge in [-0.25, -0.2) is 0 Å². The quantitative estimate of drug-likeness (QED) is 0.686. The maximum absolute atomic E-state index is 13.4. The Morgan fingerprint density at radius 1 is 1.08 bits per heavy atom. The molecule has 0 saturated carbocycles. The molecule has 0 aromatic heterocycles. The minimum atomic E-state index is -4.43. The molecule has 0 aliphatic carbocycles. The minimum Gasteiger partial charge on any atom is -0.326 e. The van der Waals surface area contributed by atoms with E-state index in [0.717, 1.165) is 17.2 Å². The molecule has 1 nitrogen and oxygen atoms in total. The smallest absolute Gasteiger partial charge is 0.326 e. The lowest BCUT2D eigenvalue weighted by molar-refractivity contribution is -0.139. The molecule has 0 amide bonds. The van der Waals surface area contributed by atoms with E-state index >= 15 is 0 Å². The number of halogens is 5. The normalized spacial score (nSPS) is 13.5. The maximum Gasteiger partial charge on any atom is 0.399 e. The number of benzene rings is 2. The minimum absolute atomic E-state index is 0.0449. The van der Waals surface area contributed by atoms with Gasteiger partial charge in [-0.3, -0.25) is 0 Å². The van der Waals surface area contributed by atoms with Crippen LogP contribution >= 0.6 is 23.2 Å². The van der Waals surface area contributed by atoms with E-state index in [1.165, 1.54) is 24.3 Å². The first-order chi connectivity index (χ1) is 11.2. The average Bonchev–Trinajstić information content (AvgIpc) is 2.50. The fraction of sp³-hybridized carbons (Fsp3) is 0.222. The summed E-state index contributed by atoms with van der Waals surface area (Å²) in [6, 6.07) is 9.31. The Kier molecular flexibility index (Phi) is 5.97. The van der Waals surface area contributed by atoms with Crippen LogP contribution in [0.2, 0.25) is 10.0 Å². The van der Waals surface area contributed by atoms with Crippen LogP contribution in [0.1, 0.15) is 28.2 Å². The largest absolute Gasteiger partial charge is 0.399 e. The van der Waals surface area contributed by atoms with E-state index in [-0.39, 0.29) is 15.6 Å². The molecule has 0 saturated heterocycles. The van der Waals surface area contributed by atoms with E-state index in [1.807, 2.05) is 13.0 Å². The van der Waals surface area contributed by atoms with Gasteiger partial charge in [-0.15, -0.1) is 0 Å². The topological polar surface area (TPSA) is 26.0 Å². The number of hydrogen-bond donors (Lipinski definition) is 1. The van der Waals surface area contributed by atoms with Crippen LogP contribution in [0.3, 0.4) is 0 Å². The Balaban J connectivity index is 2.36.